The quantitative estimate of drug-likeness (QED) is 0.428. The van der Waals surface area contributed by atoms with Gasteiger partial charge >= 0.3 is 5.97 Å². The van der Waals surface area contributed by atoms with Gasteiger partial charge in [-0.2, -0.15) is 4.98 Å². The molecule has 0 aliphatic heterocycles. The molecular formula is C21H19N3O5. The van der Waals surface area contributed by atoms with Crippen molar-refractivity contribution in [2.45, 2.75) is 26.6 Å². The maximum absolute atomic E-state index is 12.8. The van der Waals surface area contributed by atoms with Crippen molar-refractivity contribution in [3.05, 3.63) is 66.0 Å². The van der Waals surface area contributed by atoms with E-state index >= 15 is 0 Å². The van der Waals surface area contributed by atoms with Crippen LogP contribution < -0.4 is 0 Å². The molecule has 0 N–H and O–H groups in total. The van der Waals surface area contributed by atoms with Crippen LogP contribution in [0.4, 0.5) is 0 Å². The van der Waals surface area contributed by atoms with Crippen molar-refractivity contribution in [3.8, 4) is 11.4 Å². The van der Waals surface area contributed by atoms with E-state index in [2.05, 4.69) is 15.1 Å². The molecule has 29 heavy (non-hydrogen) atoms. The van der Waals surface area contributed by atoms with Crippen LogP contribution in [0.2, 0.25) is 0 Å². The number of hydrogen-bond donors (Lipinski definition) is 0. The Balaban J connectivity index is 1.56. The molecule has 3 heterocycles. The lowest BCUT2D eigenvalue weighted by molar-refractivity contribution is 0.0226. The van der Waals surface area contributed by atoms with Gasteiger partial charge in [-0.25, -0.2) is 4.79 Å². The second-order valence-electron chi connectivity index (χ2n) is 6.29. The lowest BCUT2D eigenvalue weighted by atomic mass is 10.1. The minimum absolute atomic E-state index is 0.110. The first kappa shape index (κ1) is 18.8. The average Bonchev–Trinajstić information content (AvgIpc) is 3.38. The Hall–Kier alpha value is -3.52. The first-order chi connectivity index (χ1) is 14.2. The van der Waals surface area contributed by atoms with Crippen molar-refractivity contribution in [2.24, 2.45) is 0 Å². The van der Waals surface area contributed by atoms with Gasteiger partial charge in [0.25, 0.3) is 5.89 Å². The lowest BCUT2D eigenvalue weighted by Crippen LogP contribution is -2.11. The summed E-state index contributed by atoms with van der Waals surface area (Å²) in [6.45, 7) is 4.31. The van der Waals surface area contributed by atoms with Gasteiger partial charge in [-0.3, -0.25) is 4.98 Å². The Morgan fingerprint density at radius 3 is 2.86 bits per heavy atom. The smallest absolute Gasteiger partial charge is 0.375 e. The predicted molar refractivity (Wildman–Crippen MR) is 103 cm³/mol. The van der Waals surface area contributed by atoms with Gasteiger partial charge in [-0.15, -0.1) is 0 Å². The summed E-state index contributed by atoms with van der Waals surface area (Å²) >= 11 is 0. The number of benzene rings is 1. The van der Waals surface area contributed by atoms with Crippen LogP contribution in [0.15, 0.2) is 57.7 Å². The van der Waals surface area contributed by atoms with E-state index in [1.807, 2.05) is 31.2 Å². The number of aromatic nitrogens is 3. The molecule has 0 radical (unpaired) electrons. The number of pyridine rings is 1. The van der Waals surface area contributed by atoms with Crippen LogP contribution in [-0.4, -0.2) is 27.7 Å². The molecule has 0 spiro atoms. The maximum Gasteiger partial charge on any atom is 0.375 e. The number of nitrogens with zero attached hydrogens (tertiary/aromatic N) is 3. The molecule has 8 heteroatoms. The highest BCUT2D eigenvalue weighted by Crippen LogP contribution is 2.29. The van der Waals surface area contributed by atoms with Crippen LogP contribution in [0.5, 0.6) is 0 Å². The van der Waals surface area contributed by atoms with Gasteiger partial charge in [0, 0.05) is 35.5 Å². The Labute approximate surface area is 166 Å². The molecule has 1 aromatic carbocycles. The zero-order chi connectivity index (χ0) is 20.2. The predicted octanol–water partition coefficient (Wildman–Crippen LogP) is 4.33. The van der Waals surface area contributed by atoms with Crippen molar-refractivity contribution in [1.82, 2.24) is 15.1 Å². The molecule has 0 aliphatic rings. The molecule has 4 rings (SSSR count). The lowest BCUT2D eigenvalue weighted by Gasteiger charge is -2.09. The number of rotatable bonds is 7. The highest BCUT2D eigenvalue weighted by Gasteiger charge is 2.26. The molecule has 1 atom stereocenters. The number of furan rings is 1. The average molecular weight is 393 g/mol. The third-order valence-corrected chi connectivity index (χ3v) is 4.33. The second-order valence-corrected chi connectivity index (χ2v) is 6.29. The van der Waals surface area contributed by atoms with E-state index < -0.39 is 12.1 Å². The van der Waals surface area contributed by atoms with E-state index in [9.17, 15) is 4.79 Å². The molecule has 148 valence electrons. The number of fused-ring (bicyclic) bond motifs is 1. The molecule has 0 amide bonds. The Morgan fingerprint density at radius 1 is 1.21 bits per heavy atom. The number of ether oxygens (including phenoxy) is 2. The van der Waals surface area contributed by atoms with Gasteiger partial charge in [0.05, 0.1) is 6.61 Å². The fourth-order valence-corrected chi connectivity index (χ4v) is 2.89. The van der Waals surface area contributed by atoms with Crippen molar-refractivity contribution < 1.29 is 23.2 Å². The maximum atomic E-state index is 12.8. The van der Waals surface area contributed by atoms with E-state index in [1.54, 1.807) is 31.5 Å². The topological polar surface area (TPSA) is 100 Å². The van der Waals surface area contributed by atoms with Gasteiger partial charge in [0.15, 0.2) is 6.10 Å². The zero-order valence-corrected chi connectivity index (χ0v) is 16.0. The number of hydrogen-bond acceptors (Lipinski definition) is 8. The van der Waals surface area contributed by atoms with Crippen LogP contribution in [0.25, 0.3) is 22.4 Å². The molecule has 0 saturated carbocycles. The van der Waals surface area contributed by atoms with Crippen molar-refractivity contribution >= 4 is 16.9 Å². The van der Waals surface area contributed by atoms with Crippen LogP contribution in [-0.2, 0) is 16.1 Å². The summed E-state index contributed by atoms with van der Waals surface area (Å²) in [6.07, 6.45) is 2.52. The summed E-state index contributed by atoms with van der Waals surface area (Å²) in [7, 11) is 0. The van der Waals surface area contributed by atoms with Gasteiger partial charge < -0.3 is 18.4 Å². The molecule has 0 bridgehead atoms. The van der Waals surface area contributed by atoms with E-state index in [0.717, 1.165) is 5.39 Å². The highest BCUT2D eigenvalue weighted by atomic mass is 16.6. The van der Waals surface area contributed by atoms with E-state index in [-0.39, 0.29) is 18.3 Å². The Bertz CT molecular complexity index is 1120. The monoisotopic (exact) mass is 393 g/mol. The summed E-state index contributed by atoms with van der Waals surface area (Å²) in [6, 6.07) is 11.0. The zero-order valence-electron chi connectivity index (χ0n) is 16.0. The number of carbonyl (C=O) groups excluding carboxylic acids is 1. The van der Waals surface area contributed by atoms with Gasteiger partial charge in [-0.1, -0.05) is 23.4 Å². The number of para-hydroxylation sites is 1. The van der Waals surface area contributed by atoms with Gasteiger partial charge in [0.2, 0.25) is 11.6 Å². The van der Waals surface area contributed by atoms with Gasteiger partial charge in [0.1, 0.15) is 5.58 Å². The van der Waals surface area contributed by atoms with Crippen LogP contribution in [0.3, 0.4) is 0 Å². The molecule has 3 aromatic heterocycles. The summed E-state index contributed by atoms with van der Waals surface area (Å²) in [5, 5.41) is 4.74. The molecular weight excluding hydrogens is 374 g/mol. The molecule has 0 saturated heterocycles. The molecule has 4 aromatic rings. The Morgan fingerprint density at radius 2 is 2.07 bits per heavy atom. The number of carbonyl (C=O) groups is 1. The van der Waals surface area contributed by atoms with Crippen molar-refractivity contribution in [1.29, 1.82) is 0 Å². The molecule has 0 fully saturated rings. The minimum atomic E-state index is -0.756. The summed E-state index contributed by atoms with van der Waals surface area (Å²) in [5.74, 6) is 0.0412. The fourth-order valence-electron chi connectivity index (χ4n) is 2.89. The largest absolute Gasteiger partial charge is 0.449 e. The van der Waals surface area contributed by atoms with E-state index in [0.29, 0.717) is 29.1 Å². The molecule has 0 unspecified atom stereocenters. The van der Waals surface area contributed by atoms with E-state index in [1.165, 1.54) is 0 Å². The van der Waals surface area contributed by atoms with E-state index in [4.69, 9.17) is 18.4 Å². The highest BCUT2D eigenvalue weighted by molar-refractivity contribution is 5.96. The van der Waals surface area contributed by atoms with Crippen LogP contribution in [0.1, 0.15) is 42.0 Å². The van der Waals surface area contributed by atoms with Crippen molar-refractivity contribution in [2.75, 3.05) is 6.61 Å². The number of esters is 1. The van der Waals surface area contributed by atoms with Gasteiger partial charge in [-0.05, 0) is 32.0 Å². The first-order valence-electron chi connectivity index (χ1n) is 9.20. The van der Waals surface area contributed by atoms with Crippen LogP contribution >= 0.6 is 0 Å². The third-order valence-electron chi connectivity index (χ3n) is 4.33. The summed E-state index contributed by atoms with van der Waals surface area (Å²) in [5.41, 5.74) is 1.96. The molecule has 0 aliphatic carbocycles. The SMILES string of the molecule is CCOCc1c(C(=O)O[C@@H](C)c2nc(-c3cccnc3)no2)oc2ccccc12. The fraction of sp³-hybridized carbons (Fsp3) is 0.238. The molecule has 8 nitrogen and oxygen atoms in total. The standard InChI is InChI=1S/C21H19N3O5/c1-3-26-12-16-15-8-4-5-9-17(15)28-18(16)21(25)27-13(2)20-23-19(24-29-20)14-7-6-10-22-11-14/h4-11,13H,3,12H2,1-2H3/t13-/m0/s1. The summed E-state index contributed by atoms with van der Waals surface area (Å²) < 4.78 is 22.0. The van der Waals surface area contributed by atoms with Crippen molar-refractivity contribution in [3.63, 3.8) is 0 Å². The van der Waals surface area contributed by atoms with Crippen LogP contribution in [0, 0.1) is 0 Å². The Kier molecular flexibility index (Phi) is 5.35. The first-order valence-corrected chi connectivity index (χ1v) is 9.20. The third kappa shape index (κ3) is 3.88. The second kappa shape index (κ2) is 8.24. The minimum Gasteiger partial charge on any atom is -0.449 e. The normalized spacial score (nSPS) is 12.2. The summed E-state index contributed by atoms with van der Waals surface area (Å²) in [4.78, 5) is 21.1.